The first-order chi connectivity index (χ1) is 7.25. The summed E-state index contributed by atoms with van der Waals surface area (Å²) in [6.07, 6.45) is 3.33. The smallest absolute Gasteiger partial charge is 0.288 e. The SMILES string of the molecule is O=C1NC(=NCc2cccnc2)NC1=O. The number of carbonyl (C=O) groups excluding carboxylic acids is 2. The van der Waals surface area contributed by atoms with E-state index in [1.54, 1.807) is 18.5 Å². The van der Waals surface area contributed by atoms with Crippen LogP contribution in [0.4, 0.5) is 0 Å². The second-order valence-electron chi connectivity index (χ2n) is 2.93. The fraction of sp³-hybridized carbons (Fsp3) is 0.111. The molecule has 0 atom stereocenters. The Balaban J connectivity index is 2.02. The molecule has 2 amide bonds. The van der Waals surface area contributed by atoms with Gasteiger partial charge in [-0.15, -0.1) is 0 Å². The zero-order chi connectivity index (χ0) is 10.7. The Morgan fingerprint density at radius 1 is 1.27 bits per heavy atom. The van der Waals surface area contributed by atoms with E-state index in [1.165, 1.54) is 0 Å². The van der Waals surface area contributed by atoms with Crippen LogP contribution < -0.4 is 10.6 Å². The molecule has 1 fully saturated rings. The minimum absolute atomic E-state index is 0.189. The predicted octanol–water partition coefficient (Wildman–Crippen LogP) is -0.816. The molecule has 0 saturated carbocycles. The first-order valence-corrected chi connectivity index (χ1v) is 4.31. The maximum absolute atomic E-state index is 10.8. The summed E-state index contributed by atoms with van der Waals surface area (Å²) in [6, 6.07) is 3.65. The fourth-order valence-corrected chi connectivity index (χ4v) is 1.10. The average Bonchev–Trinajstić information content (AvgIpc) is 2.57. The van der Waals surface area contributed by atoms with E-state index in [2.05, 4.69) is 20.6 Å². The third kappa shape index (κ3) is 2.16. The zero-order valence-corrected chi connectivity index (χ0v) is 7.73. The monoisotopic (exact) mass is 204 g/mol. The van der Waals surface area contributed by atoms with Crippen molar-refractivity contribution in [2.24, 2.45) is 4.99 Å². The van der Waals surface area contributed by atoms with Gasteiger partial charge >= 0.3 is 11.8 Å². The van der Waals surface area contributed by atoms with Crippen molar-refractivity contribution in [1.82, 2.24) is 15.6 Å². The van der Waals surface area contributed by atoms with E-state index in [4.69, 9.17) is 0 Å². The maximum Gasteiger partial charge on any atom is 0.316 e. The van der Waals surface area contributed by atoms with E-state index in [0.717, 1.165) is 5.56 Å². The number of pyridine rings is 1. The third-order valence-electron chi connectivity index (χ3n) is 1.81. The number of hydrogen-bond acceptors (Lipinski definition) is 4. The van der Waals surface area contributed by atoms with E-state index >= 15 is 0 Å². The van der Waals surface area contributed by atoms with Crippen LogP contribution >= 0.6 is 0 Å². The summed E-state index contributed by atoms with van der Waals surface area (Å²) in [5, 5.41) is 4.61. The Bertz CT molecular complexity index is 409. The molecule has 0 bridgehead atoms. The van der Waals surface area contributed by atoms with Gasteiger partial charge in [0.2, 0.25) is 5.96 Å². The first kappa shape index (κ1) is 9.32. The van der Waals surface area contributed by atoms with Crippen molar-refractivity contribution in [3.63, 3.8) is 0 Å². The summed E-state index contributed by atoms with van der Waals surface area (Å²) < 4.78 is 0. The van der Waals surface area contributed by atoms with Gasteiger partial charge in [-0.3, -0.25) is 25.2 Å². The van der Waals surface area contributed by atoms with Crippen molar-refractivity contribution in [3.05, 3.63) is 30.1 Å². The lowest BCUT2D eigenvalue weighted by Gasteiger charge is -1.96. The molecule has 0 unspecified atom stereocenters. The highest BCUT2D eigenvalue weighted by Gasteiger charge is 2.24. The van der Waals surface area contributed by atoms with Gasteiger partial charge in [0.1, 0.15) is 0 Å². The lowest BCUT2D eigenvalue weighted by Crippen LogP contribution is -2.25. The first-order valence-electron chi connectivity index (χ1n) is 4.31. The molecule has 0 radical (unpaired) electrons. The Kier molecular flexibility index (Phi) is 2.40. The largest absolute Gasteiger partial charge is 0.316 e. The van der Waals surface area contributed by atoms with Crippen LogP contribution in [0.2, 0.25) is 0 Å². The molecule has 6 nitrogen and oxygen atoms in total. The lowest BCUT2D eigenvalue weighted by atomic mass is 10.3. The molecule has 1 aromatic rings. The van der Waals surface area contributed by atoms with Crippen LogP contribution in [-0.4, -0.2) is 22.8 Å². The Morgan fingerprint density at radius 2 is 2.00 bits per heavy atom. The topological polar surface area (TPSA) is 83.4 Å². The maximum atomic E-state index is 10.8. The summed E-state index contributed by atoms with van der Waals surface area (Å²) >= 11 is 0. The van der Waals surface area contributed by atoms with E-state index in [-0.39, 0.29) is 5.96 Å². The zero-order valence-electron chi connectivity index (χ0n) is 7.73. The van der Waals surface area contributed by atoms with E-state index in [0.29, 0.717) is 6.54 Å². The van der Waals surface area contributed by atoms with Crippen LogP contribution in [0.15, 0.2) is 29.5 Å². The number of nitrogens with zero attached hydrogens (tertiary/aromatic N) is 2. The molecule has 6 heteroatoms. The summed E-state index contributed by atoms with van der Waals surface area (Å²) in [5.41, 5.74) is 0.903. The molecular weight excluding hydrogens is 196 g/mol. The highest BCUT2D eigenvalue weighted by molar-refractivity contribution is 6.45. The molecule has 76 valence electrons. The number of rotatable bonds is 2. The number of carbonyl (C=O) groups is 2. The number of hydrogen-bond donors (Lipinski definition) is 2. The molecule has 2 heterocycles. The molecule has 1 aromatic heterocycles. The highest BCUT2D eigenvalue weighted by Crippen LogP contribution is 1.98. The van der Waals surface area contributed by atoms with Crippen molar-refractivity contribution in [2.75, 3.05) is 0 Å². The van der Waals surface area contributed by atoms with Crippen LogP contribution in [0, 0.1) is 0 Å². The van der Waals surface area contributed by atoms with Gasteiger partial charge in [0, 0.05) is 12.4 Å². The number of nitrogens with one attached hydrogen (secondary N) is 2. The molecule has 15 heavy (non-hydrogen) atoms. The van der Waals surface area contributed by atoms with Gasteiger partial charge in [-0.2, -0.15) is 0 Å². The molecule has 2 N–H and O–H groups in total. The van der Waals surface area contributed by atoms with Crippen molar-refractivity contribution in [3.8, 4) is 0 Å². The normalized spacial score (nSPS) is 14.8. The minimum atomic E-state index is -0.681. The van der Waals surface area contributed by atoms with Gasteiger partial charge in [0.15, 0.2) is 0 Å². The summed E-state index contributed by atoms with van der Waals surface area (Å²) in [4.78, 5) is 29.5. The number of aliphatic imine (C=N–C) groups is 1. The van der Waals surface area contributed by atoms with Crippen LogP contribution in [0.1, 0.15) is 5.56 Å². The molecule has 0 aromatic carbocycles. The summed E-state index contributed by atoms with van der Waals surface area (Å²) in [7, 11) is 0. The molecule has 0 spiro atoms. The van der Waals surface area contributed by atoms with Crippen molar-refractivity contribution in [1.29, 1.82) is 0 Å². The van der Waals surface area contributed by atoms with E-state index in [9.17, 15) is 9.59 Å². The third-order valence-corrected chi connectivity index (χ3v) is 1.81. The van der Waals surface area contributed by atoms with Crippen molar-refractivity contribution in [2.45, 2.75) is 6.54 Å². The number of guanidine groups is 1. The van der Waals surface area contributed by atoms with Crippen LogP contribution in [0.25, 0.3) is 0 Å². The van der Waals surface area contributed by atoms with Gasteiger partial charge < -0.3 is 0 Å². The molecular formula is C9H8N4O2. The molecule has 2 rings (SSSR count). The van der Waals surface area contributed by atoms with E-state index < -0.39 is 11.8 Å². The van der Waals surface area contributed by atoms with Crippen molar-refractivity contribution >= 4 is 17.8 Å². The van der Waals surface area contributed by atoms with Crippen LogP contribution in [-0.2, 0) is 16.1 Å². The van der Waals surface area contributed by atoms with Gasteiger partial charge in [0.25, 0.3) is 0 Å². The van der Waals surface area contributed by atoms with Gasteiger partial charge in [0.05, 0.1) is 6.54 Å². The Morgan fingerprint density at radius 3 is 2.60 bits per heavy atom. The Hall–Kier alpha value is -2.24. The molecule has 1 saturated heterocycles. The van der Waals surface area contributed by atoms with Crippen molar-refractivity contribution < 1.29 is 9.59 Å². The average molecular weight is 204 g/mol. The quantitative estimate of drug-likeness (QED) is 0.617. The second-order valence-corrected chi connectivity index (χ2v) is 2.93. The minimum Gasteiger partial charge on any atom is -0.288 e. The van der Waals surface area contributed by atoms with Gasteiger partial charge in [-0.05, 0) is 11.6 Å². The summed E-state index contributed by atoms with van der Waals surface area (Å²) in [6.45, 7) is 0.365. The predicted molar refractivity (Wildman–Crippen MR) is 51.7 cm³/mol. The number of aromatic nitrogens is 1. The molecule has 1 aliphatic rings. The van der Waals surface area contributed by atoms with Crippen LogP contribution in [0.3, 0.4) is 0 Å². The lowest BCUT2D eigenvalue weighted by molar-refractivity contribution is -0.135. The fourth-order valence-electron chi connectivity index (χ4n) is 1.10. The molecule has 0 aliphatic carbocycles. The Labute approximate surface area is 85.4 Å². The van der Waals surface area contributed by atoms with Crippen LogP contribution in [0.5, 0.6) is 0 Å². The van der Waals surface area contributed by atoms with E-state index in [1.807, 2.05) is 6.07 Å². The molecule has 1 aliphatic heterocycles. The van der Waals surface area contributed by atoms with Gasteiger partial charge in [-0.1, -0.05) is 6.07 Å². The summed E-state index contributed by atoms with van der Waals surface area (Å²) in [5.74, 6) is -1.17. The highest BCUT2D eigenvalue weighted by atomic mass is 16.2. The standard InChI is InChI=1S/C9H8N4O2/c14-7-8(15)13-9(12-7)11-5-6-2-1-3-10-4-6/h1-4H,5H2,(H2,11,12,13,14,15). The van der Waals surface area contributed by atoms with Gasteiger partial charge in [-0.25, -0.2) is 4.99 Å². The number of amides is 2. The second kappa shape index (κ2) is 3.87.